The van der Waals surface area contributed by atoms with Gasteiger partial charge < -0.3 is 15.1 Å². The number of benzene rings is 3. The number of anilines is 1. The highest BCUT2D eigenvalue weighted by atomic mass is 32.2. The van der Waals surface area contributed by atoms with Crippen molar-refractivity contribution in [2.75, 3.05) is 18.5 Å². The minimum atomic E-state index is -3.63. The summed E-state index contributed by atoms with van der Waals surface area (Å²) in [4.78, 5) is 2.27. The van der Waals surface area contributed by atoms with Gasteiger partial charge in [-0.25, -0.2) is 13.1 Å². The average Bonchev–Trinajstić information content (AvgIpc) is 2.86. The molecule has 35 heavy (non-hydrogen) atoms. The normalized spacial score (nSPS) is 16.0. The van der Waals surface area contributed by atoms with Crippen molar-refractivity contribution in [3.63, 3.8) is 0 Å². The molecule has 0 aromatic heterocycles. The third-order valence-electron chi connectivity index (χ3n) is 6.17. The number of aryl methyl sites for hydroxylation is 1. The third-order valence-corrected chi connectivity index (χ3v) is 7.66. The molecule has 1 unspecified atom stereocenters. The fourth-order valence-corrected chi connectivity index (χ4v) is 5.48. The molecule has 3 aromatic rings. The first kappa shape index (κ1) is 24.6. The monoisotopic (exact) mass is 490 g/mol. The molecule has 1 aliphatic rings. The lowest BCUT2D eigenvalue weighted by Crippen LogP contribution is -2.31. The van der Waals surface area contributed by atoms with Crippen LogP contribution in [-0.2, 0) is 16.4 Å². The van der Waals surface area contributed by atoms with E-state index >= 15 is 0 Å². The molecule has 0 amide bonds. The van der Waals surface area contributed by atoms with Gasteiger partial charge >= 0.3 is 0 Å². The Morgan fingerprint density at radius 2 is 1.77 bits per heavy atom. The van der Waals surface area contributed by atoms with E-state index in [0.29, 0.717) is 6.54 Å². The predicted molar refractivity (Wildman–Crippen MR) is 140 cm³/mol. The van der Waals surface area contributed by atoms with Crippen molar-refractivity contribution in [3.05, 3.63) is 102 Å². The van der Waals surface area contributed by atoms with Gasteiger partial charge in [0, 0.05) is 25.3 Å². The average molecular weight is 491 g/mol. The molecule has 0 aliphatic heterocycles. The quantitative estimate of drug-likeness (QED) is 0.300. The lowest BCUT2D eigenvalue weighted by Gasteiger charge is -2.26. The summed E-state index contributed by atoms with van der Waals surface area (Å²) >= 11 is 0. The number of allylic oxidation sites excluding steroid dienone is 2. The number of sulfonamides is 1. The van der Waals surface area contributed by atoms with Crippen LogP contribution in [0.5, 0.6) is 11.5 Å². The lowest BCUT2D eigenvalue weighted by molar-refractivity contribution is 0.403. The van der Waals surface area contributed by atoms with Gasteiger partial charge in [0.25, 0.3) is 0 Å². The topological polar surface area (TPSA) is 89.9 Å². The second-order valence-corrected chi connectivity index (χ2v) is 10.4. The van der Waals surface area contributed by atoms with Gasteiger partial charge in [0.05, 0.1) is 4.90 Å². The molecule has 0 bridgehead atoms. The maximum atomic E-state index is 13.0. The largest absolute Gasteiger partial charge is 0.504 e. The van der Waals surface area contributed by atoms with Crippen molar-refractivity contribution in [1.29, 1.82) is 0 Å². The summed E-state index contributed by atoms with van der Waals surface area (Å²) in [6.45, 7) is 0.633. The van der Waals surface area contributed by atoms with Gasteiger partial charge in [0.1, 0.15) is 0 Å². The number of rotatable bonds is 8. The summed E-state index contributed by atoms with van der Waals surface area (Å²) in [7, 11) is -1.69. The molecule has 182 valence electrons. The third kappa shape index (κ3) is 6.12. The Hall–Kier alpha value is -3.55. The Morgan fingerprint density at radius 3 is 2.54 bits per heavy atom. The van der Waals surface area contributed by atoms with Crippen LogP contribution in [-0.4, -0.2) is 32.2 Å². The van der Waals surface area contributed by atoms with Gasteiger partial charge in [-0.2, -0.15) is 0 Å². The minimum Gasteiger partial charge on any atom is -0.504 e. The van der Waals surface area contributed by atoms with Gasteiger partial charge in [-0.15, -0.1) is 0 Å². The van der Waals surface area contributed by atoms with Crippen LogP contribution in [0, 0.1) is 0 Å². The second-order valence-electron chi connectivity index (χ2n) is 8.67. The lowest BCUT2D eigenvalue weighted by atomic mass is 9.88. The number of phenols is 2. The molecule has 0 saturated heterocycles. The molecule has 0 heterocycles. The number of nitrogens with zero attached hydrogens (tertiary/aromatic N) is 1. The number of hydrogen-bond donors (Lipinski definition) is 3. The number of phenolic OH excluding ortho intramolecular Hbond substituents is 2. The van der Waals surface area contributed by atoms with Crippen LogP contribution in [0.1, 0.15) is 35.6 Å². The fourth-order valence-electron chi connectivity index (χ4n) is 4.23. The molecular formula is C28H30N2O4S. The zero-order chi connectivity index (χ0) is 24.8. The number of aromatic hydroxyl groups is 2. The molecule has 3 aromatic carbocycles. The van der Waals surface area contributed by atoms with E-state index in [-0.39, 0.29) is 22.4 Å². The molecule has 0 saturated carbocycles. The Labute approximate surface area is 206 Å². The Morgan fingerprint density at radius 1 is 1.00 bits per heavy atom. The summed E-state index contributed by atoms with van der Waals surface area (Å²) in [5.41, 5.74) is 3.97. The second kappa shape index (κ2) is 10.8. The molecule has 0 radical (unpaired) electrons. The molecule has 4 rings (SSSR count). The predicted octanol–water partition coefficient (Wildman–Crippen LogP) is 5.16. The maximum absolute atomic E-state index is 13.0. The van der Waals surface area contributed by atoms with Gasteiger partial charge in [0.2, 0.25) is 10.0 Å². The van der Waals surface area contributed by atoms with Gasteiger partial charge in [-0.05, 0) is 72.4 Å². The first-order chi connectivity index (χ1) is 16.8. The Bertz CT molecular complexity index is 1330. The number of likely N-dealkylation sites (N-methyl/N-ethyl adjacent to an activating group) is 1. The van der Waals surface area contributed by atoms with Crippen LogP contribution in [0.25, 0.3) is 6.08 Å². The van der Waals surface area contributed by atoms with E-state index in [0.717, 1.165) is 36.1 Å². The maximum Gasteiger partial charge on any atom is 0.241 e. The highest BCUT2D eigenvalue weighted by Crippen LogP contribution is 2.31. The van der Waals surface area contributed by atoms with Crippen LogP contribution in [0.2, 0.25) is 0 Å². The summed E-state index contributed by atoms with van der Waals surface area (Å²) in [6, 6.07) is 19.4. The molecule has 1 aliphatic carbocycles. The van der Waals surface area contributed by atoms with Crippen LogP contribution in [0.4, 0.5) is 5.69 Å². The summed E-state index contributed by atoms with van der Waals surface area (Å²) in [5, 5.41) is 18.9. The van der Waals surface area contributed by atoms with Crippen LogP contribution in [0.3, 0.4) is 0 Å². The van der Waals surface area contributed by atoms with Crippen molar-refractivity contribution in [2.24, 2.45) is 0 Å². The van der Waals surface area contributed by atoms with Crippen molar-refractivity contribution in [1.82, 2.24) is 4.72 Å². The van der Waals surface area contributed by atoms with E-state index in [1.807, 2.05) is 66.6 Å². The standard InChI is InChI=1S/C28H30N2O4S/c1-30(19-6-2-3-8-21-13-18-27(31)28(32)20-21)23-14-16-24(17-15-23)35(33,34)29-26-12-7-10-22-9-4-5-11-25(22)26/h2-6,8-9,11,13-18,20,26,29,31-32H,7,10,12,19H2,1H3/b6-2+,8-3+. The molecule has 3 N–H and O–H groups in total. The highest BCUT2D eigenvalue weighted by Gasteiger charge is 2.25. The zero-order valence-electron chi connectivity index (χ0n) is 19.6. The Balaban J connectivity index is 1.35. The van der Waals surface area contributed by atoms with E-state index in [2.05, 4.69) is 10.8 Å². The summed E-state index contributed by atoms with van der Waals surface area (Å²) in [6.07, 6.45) is 10.3. The minimum absolute atomic E-state index is 0.145. The smallest absolute Gasteiger partial charge is 0.241 e. The zero-order valence-corrected chi connectivity index (χ0v) is 20.4. The van der Waals surface area contributed by atoms with Gasteiger partial charge in [-0.3, -0.25) is 0 Å². The number of hydrogen-bond acceptors (Lipinski definition) is 5. The van der Waals surface area contributed by atoms with Crippen LogP contribution >= 0.6 is 0 Å². The van der Waals surface area contributed by atoms with E-state index < -0.39 is 10.0 Å². The fraction of sp³-hybridized carbons (Fsp3) is 0.214. The van der Waals surface area contributed by atoms with E-state index in [1.54, 1.807) is 18.2 Å². The van der Waals surface area contributed by atoms with Crippen LogP contribution < -0.4 is 9.62 Å². The van der Waals surface area contributed by atoms with E-state index in [9.17, 15) is 18.6 Å². The summed E-state index contributed by atoms with van der Waals surface area (Å²) < 4.78 is 28.9. The molecular weight excluding hydrogens is 460 g/mol. The van der Waals surface area contributed by atoms with Crippen molar-refractivity contribution in [3.8, 4) is 11.5 Å². The van der Waals surface area contributed by atoms with Gasteiger partial charge in [0.15, 0.2) is 11.5 Å². The van der Waals surface area contributed by atoms with Crippen molar-refractivity contribution in [2.45, 2.75) is 30.2 Å². The molecule has 6 nitrogen and oxygen atoms in total. The first-order valence-electron chi connectivity index (χ1n) is 11.6. The van der Waals surface area contributed by atoms with Crippen LogP contribution in [0.15, 0.2) is 89.9 Å². The number of fused-ring (bicyclic) bond motifs is 1. The SMILES string of the molecule is CN(C/C=C/C=C/c1ccc(O)c(O)c1)c1ccc(S(=O)(=O)NC2CCCc3ccccc32)cc1. The number of nitrogens with one attached hydrogen (secondary N) is 1. The van der Waals surface area contributed by atoms with Crippen molar-refractivity contribution < 1.29 is 18.6 Å². The first-order valence-corrected chi connectivity index (χ1v) is 13.1. The molecule has 0 spiro atoms. The summed E-state index contributed by atoms with van der Waals surface area (Å²) in [5.74, 6) is -0.298. The Kier molecular flexibility index (Phi) is 7.58. The molecule has 7 heteroatoms. The van der Waals surface area contributed by atoms with Crippen molar-refractivity contribution >= 4 is 21.8 Å². The van der Waals surface area contributed by atoms with E-state index in [1.165, 1.54) is 17.7 Å². The van der Waals surface area contributed by atoms with E-state index in [4.69, 9.17) is 0 Å². The molecule has 1 atom stereocenters. The highest BCUT2D eigenvalue weighted by molar-refractivity contribution is 7.89. The van der Waals surface area contributed by atoms with Gasteiger partial charge in [-0.1, -0.05) is 54.6 Å². The molecule has 0 fully saturated rings.